The molecule has 1 aromatic rings. The third kappa shape index (κ3) is 2.07. The van der Waals surface area contributed by atoms with Crippen LogP contribution in [-0.4, -0.2) is 16.7 Å². The highest BCUT2D eigenvalue weighted by Crippen LogP contribution is 2.08. The van der Waals surface area contributed by atoms with Gasteiger partial charge in [-0.15, -0.1) is 0 Å². The number of carbonyl (C=O) groups excluding carboxylic acids is 2. The number of benzene rings is 1. The van der Waals surface area contributed by atoms with Gasteiger partial charge in [0.05, 0.1) is 11.8 Å². The van der Waals surface area contributed by atoms with Crippen molar-refractivity contribution in [2.45, 2.75) is 6.92 Å². The number of aliphatic hydroxyl groups excluding tert-OH is 1. The van der Waals surface area contributed by atoms with Gasteiger partial charge in [-0.25, -0.2) is 0 Å². The molecule has 0 aliphatic carbocycles. The second-order valence-electron chi connectivity index (χ2n) is 2.79. The second kappa shape index (κ2) is 4.37. The zero-order valence-corrected chi connectivity index (χ0v) is 7.73. The van der Waals surface area contributed by atoms with Crippen LogP contribution in [0, 0.1) is 0 Å². The van der Waals surface area contributed by atoms with Crippen molar-refractivity contribution >= 4 is 11.6 Å². The summed E-state index contributed by atoms with van der Waals surface area (Å²) in [6.07, 6.45) is 0.553. The molecule has 14 heavy (non-hydrogen) atoms. The monoisotopic (exact) mass is 190 g/mol. The van der Waals surface area contributed by atoms with Gasteiger partial charge in [0.2, 0.25) is 0 Å². The summed E-state index contributed by atoms with van der Waals surface area (Å²) in [4.78, 5) is 22.5. The summed E-state index contributed by atoms with van der Waals surface area (Å²) < 4.78 is 0. The number of Topliss-reactive ketones (excluding diaryl/α,β-unsaturated/α-hetero) is 2. The van der Waals surface area contributed by atoms with Crippen LogP contribution in [0.15, 0.2) is 42.2 Å². The predicted octanol–water partition coefficient (Wildman–Crippen LogP) is 1.90. The normalized spacial score (nSPS) is 11.1. The van der Waals surface area contributed by atoms with Gasteiger partial charge >= 0.3 is 0 Å². The largest absolute Gasteiger partial charge is 0.515 e. The molecule has 0 saturated carbocycles. The fourth-order valence-corrected chi connectivity index (χ4v) is 1.05. The molecule has 72 valence electrons. The quantitative estimate of drug-likeness (QED) is 0.260. The Labute approximate surface area is 81.7 Å². The minimum absolute atomic E-state index is 0.198. The lowest BCUT2D eigenvalue weighted by Crippen LogP contribution is -2.10. The lowest BCUT2D eigenvalue weighted by molar-refractivity contribution is -0.113. The first-order valence-electron chi connectivity index (χ1n) is 4.12. The Balaban J connectivity index is 3.02. The SMILES string of the molecule is CC(=O)/C(=C/O)C(=O)c1ccccc1. The van der Waals surface area contributed by atoms with Gasteiger partial charge in [-0.2, -0.15) is 0 Å². The van der Waals surface area contributed by atoms with Gasteiger partial charge in [0.1, 0.15) is 0 Å². The number of rotatable bonds is 3. The van der Waals surface area contributed by atoms with Gasteiger partial charge < -0.3 is 5.11 Å². The van der Waals surface area contributed by atoms with E-state index in [0.29, 0.717) is 11.8 Å². The van der Waals surface area contributed by atoms with Crippen molar-refractivity contribution in [2.24, 2.45) is 0 Å². The standard InChI is InChI=1S/C11H10O3/c1-8(13)10(7-12)11(14)9-5-3-2-4-6-9/h2-7,12H,1H3/b10-7-. The zero-order chi connectivity index (χ0) is 10.6. The van der Waals surface area contributed by atoms with Crippen LogP contribution in [0.2, 0.25) is 0 Å². The van der Waals surface area contributed by atoms with Crippen LogP contribution in [0.1, 0.15) is 17.3 Å². The lowest BCUT2D eigenvalue weighted by atomic mass is 10.0. The Kier molecular flexibility index (Phi) is 3.18. The zero-order valence-electron chi connectivity index (χ0n) is 7.73. The highest BCUT2D eigenvalue weighted by molar-refractivity contribution is 6.25. The van der Waals surface area contributed by atoms with Crippen molar-refractivity contribution in [1.29, 1.82) is 0 Å². The average molecular weight is 190 g/mol. The Hall–Kier alpha value is -1.90. The minimum Gasteiger partial charge on any atom is -0.515 e. The summed E-state index contributed by atoms with van der Waals surface area (Å²) in [5.74, 6) is -0.901. The molecule has 0 saturated heterocycles. The fourth-order valence-electron chi connectivity index (χ4n) is 1.05. The molecule has 0 unspecified atom stereocenters. The average Bonchev–Trinajstić information content (AvgIpc) is 2.19. The number of hydrogen-bond donors (Lipinski definition) is 1. The molecule has 1 rings (SSSR count). The number of carbonyl (C=O) groups is 2. The van der Waals surface area contributed by atoms with E-state index in [1.54, 1.807) is 30.3 Å². The van der Waals surface area contributed by atoms with Gasteiger partial charge in [-0.05, 0) is 6.92 Å². The first kappa shape index (κ1) is 10.2. The van der Waals surface area contributed by atoms with Crippen molar-refractivity contribution < 1.29 is 14.7 Å². The molecule has 0 bridgehead atoms. The summed E-state index contributed by atoms with van der Waals surface area (Å²) in [5.41, 5.74) is 0.194. The molecule has 0 amide bonds. The summed E-state index contributed by atoms with van der Waals surface area (Å²) in [6.45, 7) is 1.24. The van der Waals surface area contributed by atoms with Crippen LogP contribution >= 0.6 is 0 Å². The van der Waals surface area contributed by atoms with Crippen molar-refractivity contribution in [1.82, 2.24) is 0 Å². The molecule has 3 heteroatoms. The van der Waals surface area contributed by atoms with Crippen LogP contribution in [0.25, 0.3) is 0 Å². The third-order valence-corrected chi connectivity index (χ3v) is 1.79. The van der Waals surface area contributed by atoms with E-state index in [1.165, 1.54) is 6.92 Å². The molecule has 0 atom stereocenters. The van der Waals surface area contributed by atoms with Crippen LogP contribution in [0.5, 0.6) is 0 Å². The van der Waals surface area contributed by atoms with Gasteiger partial charge in [0.25, 0.3) is 0 Å². The van der Waals surface area contributed by atoms with Crippen LogP contribution in [0.3, 0.4) is 0 Å². The summed E-state index contributed by atoms with van der Waals surface area (Å²) in [7, 11) is 0. The van der Waals surface area contributed by atoms with Crippen LogP contribution in [0.4, 0.5) is 0 Å². The number of aliphatic hydroxyl groups is 1. The first-order valence-corrected chi connectivity index (χ1v) is 4.12. The molecule has 0 radical (unpaired) electrons. The fraction of sp³-hybridized carbons (Fsp3) is 0.0909. The highest BCUT2D eigenvalue weighted by atomic mass is 16.2. The van der Waals surface area contributed by atoms with Gasteiger partial charge in [0.15, 0.2) is 11.6 Å². The van der Waals surface area contributed by atoms with Crippen molar-refractivity contribution in [3.05, 3.63) is 47.7 Å². The van der Waals surface area contributed by atoms with Crippen LogP contribution < -0.4 is 0 Å². The number of ketones is 2. The van der Waals surface area contributed by atoms with E-state index >= 15 is 0 Å². The summed E-state index contributed by atoms with van der Waals surface area (Å²) in [5, 5.41) is 8.72. The lowest BCUT2D eigenvalue weighted by Gasteiger charge is -2.00. The molecule has 0 aromatic heterocycles. The van der Waals surface area contributed by atoms with Crippen molar-refractivity contribution in [2.75, 3.05) is 0 Å². The van der Waals surface area contributed by atoms with E-state index < -0.39 is 11.6 Å². The van der Waals surface area contributed by atoms with E-state index in [2.05, 4.69) is 0 Å². The molecule has 0 fully saturated rings. The molecule has 1 aromatic carbocycles. The van der Waals surface area contributed by atoms with Crippen LogP contribution in [-0.2, 0) is 4.79 Å². The topological polar surface area (TPSA) is 54.4 Å². The van der Waals surface area contributed by atoms with E-state index in [4.69, 9.17) is 5.11 Å². The van der Waals surface area contributed by atoms with E-state index in [9.17, 15) is 9.59 Å². The molecular weight excluding hydrogens is 180 g/mol. The number of allylic oxidation sites excluding steroid dienone is 1. The second-order valence-corrected chi connectivity index (χ2v) is 2.79. The maximum absolute atomic E-state index is 11.6. The van der Waals surface area contributed by atoms with E-state index in [0.717, 1.165) is 0 Å². The summed E-state index contributed by atoms with van der Waals surface area (Å²) in [6, 6.07) is 8.35. The maximum atomic E-state index is 11.6. The van der Waals surface area contributed by atoms with E-state index in [1.807, 2.05) is 0 Å². The molecular formula is C11H10O3. The Morgan fingerprint density at radius 2 is 1.79 bits per heavy atom. The molecule has 3 nitrogen and oxygen atoms in total. The van der Waals surface area contributed by atoms with Crippen molar-refractivity contribution in [3.8, 4) is 0 Å². The first-order chi connectivity index (χ1) is 6.66. The highest BCUT2D eigenvalue weighted by Gasteiger charge is 2.15. The van der Waals surface area contributed by atoms with Gasteiger partial charge in [0, 0.05) is 5.56 Å². The molecule has 0 heterocycles. The van der Waals surface area contributed by atoms with Crippen molar-refractivity contribution in [3.63, 3.8) is 0 Å². The van der Waals surface area contributed by atoms with E-state index in [-0.39, 0.29) is 5.57 Å². The Morgan fingerprint density at radius 1 is 1.21 bits per heavy atom. The molecule has 0 aliphatic heterocycles. The van der Waals surface area contributed by atoms with Gasteiger partial charge in [-0.1, -0.05) is 30.3 Å². The van der Waals surface area contributed by atoms with Gasteiger partial charge in [-0.3, -0.25) is 9.59 Å². The molecule has 1 N–H and O–H groups in total. The Morgan fingerprint density at radius 3 is 2.21 bits per heavy atom. The summed E-state index contributed by atoms with van der Waals surface area (Å²) >= 11 is 0. The molecule has 0 aliphatic rings. The smallest absolute Gasteiger partial charge is 0.199 e. The molecule has 0 spiro atoms. The predicted molar refractivity (Wildman–Crippen MR) is 52.2 cm³/mol. The third-order valence-electron chi connectivity index (χ3n) is 1.79. The number of hydrogen-bond acceptors (Lipinski definition) is 3. The maximum Gasteiger partial charge on any atom is 0.199 e. The Bertz CT molecular complexity index is 377. The minimum atomic E-state index is -0.458.